The molecular formula is C30H36O6. The molecule has 0 bridgehead atoms. The van der Waals surface area contributed by atoms with Gasteiger partial charge in [-0.05, 0) is 72.9 Å². The first kappa shape index (κ1) is 26.9. The number of ether oxygens (including phenoxy) is 1. The maximum absolute atomic E-state index is 13.4. The molecule has 1 aliphatic rings. The van der Waals surface area contributed by atoms with Crippen LogP contribution in [0.2, 0.25) is 0 Å². The Morgan fingerprint density at radius 3 is 1.94 bits per heavy atom. The molecule has 2 aromatic rings. The van der Waals surface area contributed by atoms with E-state index in [4.69, 9.17) is 4.74 Å². The number of rotatable bonds is 7. The maximum Gasteiger partial charge on any atom is 0.174 e. The number of fused-ring (bicyclic) bond motifs is 1. The van der Waals surface area contributed by atoms with Gasteiger partial charge in [0.15, 0.2) is 5.78 Å². The first-order chi connectivity index (χ1) is 16.9. The number of ketones is 1. The van der Waals surface area contributed by atoms with Gasteiger partial charge in [0, 0.05) is 22.3 Å². The summed E-state index contributed by atoms with van der Waals surface area (Å²) in [6, 6.07) is 2.88. The smallest absolute Gasteiger partial charge is 0.174 e. The Bertz CT molecular complexity index is 1270. The SMILES string of the molecule is CC(C)=CCc1cc(O)cc(C2CC(=O)c3c(O)c(CC=C(C)C)c(O)c(CC=C(C)C)c3O2)c1O. The highest BCUT2D eigenvalue weighted by Gasteiger charge is 2.36. The van der Waals surface area contributed by atoms with E-state index in [1.54, 1.807) is 0 Å². The standard InChI is InChI=1S/C30H36O6/c1-16(2)7-10-19-13-20(31)14-23(27(19)33)25-15-24(32)26-29(35)21(11-8-17(3)4)28(34)22(30(26)36-25)12-9-18(5)6/h7-9,13-14,25,31,33-35H,10-12,15H2,1-6H3. The Hall–Kier alpha value is -3.67. The zero-order chi connectivity index (χ0) is 26.7. The molecule has 0 aliphatic carbocycles. The highest BCUT2D eigenvalue weighted by Crippen LogP contribution is 2.50. The van der Waals surface area contributed by atoms with Crippen molar-refractivity contribution in [2.24, 2.45) is 0 Å². The van der Waals surface area contributed by atoms with Gasteiger partial charge < -0.3 is 25.2 Å². The average Bonchev–Trinajstić information content (AvgIpc) is 2.78. The van der Waals surface area contributed by atoms with Crippen molar-refractivity contribution in [3.05, 3.63) is 74.9 Å². The van der Waals surface area contributed by atoms with E-state index in [1.165, 1.54) is 12.1 Å². The van der Waals surface area contributed by atoms with Crippen LogP contribution in [0.5, 0.6) is 28.7 Å². The summed E-state index contributed by atoms with van der Waals surface area (Å²) in [6.45, 7) is 11.6. The van der Waals surface area contributed by atoms with Crippen molar-refractivity contribution >= 4 is 5.78 Å². The molecule has 0 amide bonds. The molecule has 0 fully saturated rings. The van der Waals surface area contributed by atoms with Gasteiger partial charge in [0.2, 0.25) is 0 Å². The third-order valence-corrected chi connectivity index (χ3v) is 6.21. The minimum Gasteiger partial charge on any atom is -0.508 e. The number of phenolic OH excluding ortho intramolecular Hbond substituents is 4. The molecule has 1 unspecified atom stereocenters. The van der Waals surface area contributed by atoms with Crippen LogP contribution >= 0.6 is 0 Å². The molecule has 1 atom stereocenters. The van der Waals surface area contributed by atoms with Gasteiger partial charge in [-0.25, -0.2) is 0 Å². The number of hydrogen-bond acceptors (Lipinski definition) is 6. The van der Waals surface area contributed by atoms with Crippen LogP contribution < -0.4 is 4.74 Å². The second kappa shape index (κ2) is 10.9. The van der Waals surface area contributed by atoms with E-state index < -0.39 is 6.10 Å². The van der Waals surface area contributed by atoms with E-state index in [2.05, 4.69) is 0 Å². The topological polar surface area (TPSA) is 107 Å². The van der Waals surface area contributed by atoms with Crippen molar-refractivity contribution in [3.8, 4) is 28.7 Å². The summed E-state index contributed by atoms with van der Waals surface area (Å²) < 4.78 is 6.24. The molecule has 6 heteroatoms. The summed E-state index contributed by atoms with van der Waals surface area (Å²) in [5.74, 6) is -0.740. The predicted molar refractivity (Wildman–Crippen MR) is 141 cm³/mol. The van der Waals surface area contributed by atoms with E-state index in [9.17, 15) is 25.2 Å². The lowest BCUT2D eigenvalue weighted by Crippen LogP contribution is -2.22. The van der Waals surface area contributed by atoms with E-state index in [0.717, 1.165) is 16.7 Å². The second-order valence-corrected chi connectivity index (χ2v) is 10.1. The fourth-order valence-corrected chi connectivity index (χ4v) is 4.24. The summed E-state index contributed by atoms with van der Waals surface area (Å²) in [7, 11) is 0. The molecular weight excluding hydrogens is 456 g/mol. The van der Waals surface area contributed by atoms with E-state index in [-0.39, 0.29) is 64.1 Å². The number of carbonyl (C=O) groups excluding carboxylic acids is 1. The molecule has 1 heterocycles. The summed E-state index contributed by atoms with van der Waals surface area (Å²) in [5.41, 5.74) is 4.64. The van der Waals surface area contributed by atoms with E-state index in [1.807, 2.05) is 59.8 Å². The third-order valence-electron chi connectivity index (χ3n) is 6.21. The van der Waals surface area contributed by atoms with Gasteiger partial charge in [0.1, 0.15) is 40.4 Å². The normalized spacial score (nSPS) is 14.5. The van der Waals surface area contributed by atoms with Crippen LogP contribution in [0.25, 0.3) is 0 Å². The number of benzene rings is 2. The van der Waals surface area contributed by atoms with Crippen LogP contribution in [-0.4, -0.2) is 26.2 Å². The number of Topliss-reactive ketones (excluding diaryl/α,β-unsaturated/α-hetero) is 1. The van der Waals surface area contributed by atoms with Gasteiger partial charge in [-0.3, -0.25) is 4.79 Å². The number of aromatic hydroxyl groups is 4. The van der Waals surface area contributed by atoms with Gasteiger partial charge in [0.25, 0.3) is 0 Å². The van der Waals surface area contributed by atoms with Crippen LogP contribution in [0.4, 0.5) is 0 Å². The third kappa shape index (κ3) is 5.76. The van der Waals surface area contributed by atoms with Gasteiger partial charge in [-0.15, -0.1) is 0 Å². The van der Waals surface area contributed by atoms with Crippen LogP contribution in [0.1, 0.15) is 86.7 Å². The lowest BCUT2D eigenvalue weighted by molar-refractivity contribution is 0.0838. The number of hydrogen-bond donors (Lipinski definition) is 4. The van der Waals surface area contributed by atoms with Crippen LogP contribution in [0.3, 0.4) is 0 Å². The highest BCUT2D eigenvalue weighted by molar-refractivity contribution is 6.04. The van der Waals surface area contributed by atoms with Gasteiger partial charge in [-0.2, -0.15) is 0 Å². The lowest BCUT2D eigenvalue weighted by atomic mass is 9.88. The molecule has 0 aromatic heterocycles. The molecule has 2 aromatic carbocycles. The number of carbonyl (C=O) groups is 1. The van der Waals surface area contributed by atoms with Crippen molar-refractivity contribution in [1.82, 2.24) is 0 Å². The van der Waals surface area contributed by atoms with Crippen LogP contribution in [0, 0.1) is 0 Å². The Morgan fingerprint density at radius 2 is 1.36 bits per heavy atom. The number of allylic oxidation sites excluding steroid dienone is 6. The number of phenols is 4. The predicted octanol–water partition coefficient (Wildman–Crippen LogP) is 6.74. The van der Waals surface area contributed by atoms with Crippen molar-refractivity contribution in [2.45, 2.75) is 73.3 Å². The molecule has 0 saturated heterocycles. The van der Waals surface area contributed by atoms with Crippen LogP contribution in [0.15, 0.2) is 47.1 Å². The summed E-state index contributed by atoms with van der Waals surface area (Å²) in [5, 5.41) is 43.5. The molecule has 1 aliphatic heterocycles. The van der Waals surface area contributed by atoms with Crippen molar-refractivity contribution in [3.63, 3.8) is 0 Å². The Labute approximate surface area is 212 Å². The van der Waals surface area contributed by atoms with Crippen molar-refractivity contribution < 1.29 is 30.0 Å². The minimum atomic E-state index is -0.893. The molecule has 0 radical (unpaired) electrons. The maximum atomic E-state index is 13.4. The van der Waals surface area contributed by atoms with E-state index >= 15 is 0 Å². The fraction of sp³-hybridized carbons (Fsp3) is 0.367. The zero-order valence-electron chi connectivity index (χ0n) is 21.9. The first-order valence-corrected chi connectivity index (χ1v) is 12.1. The van der Waals surface area contributed by atoms with Gasteiger partial charge >= 0.3 is 0 Å². The largest absolute Gasteiger partial charge is 0.508 e. The molecule has 4 N–H and O–H groups in total. The minimum absolute atomic E-state index is 0.0442. The molecule has 0 saturated carbocycles. The van der Waals surface area contributed by atoms with Gasteiger partial charge in [-0.1, -0.05) is 34.9 Å². The second-order valence-electron chi connectivity index (χ2n) is 10.1. The first-order valence-electron chi connectivity index (χ1n) is 12.1. The molecule has 6 nitrogen and oxygen atoms in total. The quantitative estimate of drug-likeness (QED) is 0.252. The summed E-state index contributed by atoms with van der Waals surface area (Å²) in [6.07, 6.45) is 5.68. The monoisotopic (exact) mass is 492 g/mol. The fourth-order valence-electron chi connectivity index (χ4n) is 4.24. The van der Waals surface area contributed by atoms with Crippen molar-refractivity contribution in [2.75, 3.05) is 0 Å². The van der Waals surface area contributed by atoms with Crippen molar-refractivity contribution in [1.29, 1.82) is 0 Å². The van der Waals surface area contributed by atoms with Gasteiger partial charge in [0.05, 0.1) is 6.42 Å². The highest BCUT2D eigenvalue weighted by atomic mass is 16.5. The Kier molecular flexibility index (Phi) is 8.18. The average molecular weight is 493 g/mol. The molecule has 192 valence electrons. The molecule has 3 rings (SSSR count). The zero-order valence-corrected chi connectivity index (χ0v) is 21.9. The van der Waals surface area contributed by atoms with E-state index in [0.29, 0.717) is 24.0 Å². The Morgan fingerprint density at radius 1 is 0.806 bits per heavy atom. The summed E-state index contributed by atoms with van der Waals surface area (Å²) in [4.78, 5) is 13.4. The van der Waals surface area contributed by atoms with Crippen LogP contribution in [-0.2, 0) is 19.3 Å². The Balaban J connectivity index is 2.17. The summed E-state index contributed by atoms with van der Waals surface area (Å²) >= 11 is 0. The lowest BCUT2D eigenvalue weighted by Gasteiger charge is -2.30. The molecule has 0 spiro atoms. The molecule has 36 heavy (non-hydrogen) atoms.